The van der Waals surface area contributed by atoms with Gasteiger partial charge in [0.25, 0.3) is 0 Å². The van der Waals surface area contributed by atoms with Crippen molar-refractivity contribution in [3.05, 3.63) is 204 Å². The second kappa shape index (κ2) is 14.2. The topological polar surface area (TPSA) is 24.6 Å². The first kappa shape index (κ1) is 41.2. The van der Waals surface area contributed by atoms with Crippen molar-refractivity contribution in [3.8, 4) is 22.3 Å². The molecule has 0 bridgehead atoms. The van der Waals surface area contributed by atoms with Crippen molar-refractivity contribution in [1.82, 2.24) is 4.48 Å². The van der Waals surface area contributed by atoms with Gasteiger partial charge >= 0.3 is 6.85 Å². The minimum Gasteiger partial charge on any atom is -0.454 e. The summed E-state index contributed by atoms with van der Waals surface area (Å²) in [6.45, 7) is 18.8. The predicted molar refractivity (Wildman–Crippen MR) is 297 cm³/mol. The molecule has 1 aliphatic carbocycles. The molecule has 2 aromatic heterocycles. The van der Waals surface area contributed by atoms with Crippen LogP contribution in [0.15, 0.2) is 186 Å². The van der Waals surface area contributed by atoms with Crippen molar-refractivity contribution in [3.63, 3.8) is 0 Å². The number of aromatic nitrogens is 1. The van der Waals surface area contributed by atoms with Crippen LogP contribution < -0.4 is 20.7 Å². The minimum absolute atomic E-state index is 0.0153. The highest BCUT2D eigenvalue weighted by molar-refractivity contribution is 6.90. The summed E-state index contributed by atoms with van der Waals surface area (Å²) >= 11 is 0. The number of fused-ring (bicyclic) bond motifs is 14. The Hall–Kier alpha value is -7.76. The molecule has 3 aliphatic rings. The number of nitrogens with zero attached hydrogens (tertiary/aromatic N) is 3. The molecule has 0 N–H and O–H groups in total. The molecular weight excluding hydrogens is 850 g/mol. The zero-order valence-corrected chi connectivity index (χ0v) is 41.1. The van der Waals surface area contributed by atoms with Crippen LogP contribution in [0.2, 0.25) is 0 Å². The van der Waals surface area contributed by atoms with Gasteiger partial charge in [0.2, 0.25) is 0 Å². The molecule has 0 fully saturated rings. The molecule has 9 aromatic carbocycles. The highest BCUT2D eigenvalue weighted by Crippen LogP contribution is 2.58. The van der Waals surface area contributed by atoms with E-state index in [0.717, 1.165) is 50.4 Å². The summed E-state index contributed by atoms with van der Waals surface area (Å²) in [4.78, 5) is 5.01. The third-order valence-corrected chi connectivity index (χ3v) is 16.0. The van der Waals surface area contributed by atoms with E-state index in [9.17, 15) is 0 Å². The Balaban J connectivity index is 1.19. The van der Waals surface area contributed by atoms with E-state index in [1.165, 1.54) is 82.9 Å². The molecule has 2 aliphatic heterocycles. The van der Waals surface area contributed by atoms with Crippen LogP contribution in [0.3, 0.4) is 0 Å². The third kappa shape index (κ3) is 5.60. The van der Waals surface area contributed by atoms with E-state index >= 15 is 0 Å². The smallest absolute Gasteiger partial charge is 0.333 e. The largest absolute Gasteiger partial charge is 0.454 e. The van der Waals surface area contributed by atoms with Gasteiger partial charge in [-0.25, -0.2) is 0 Å². The molecule has 4 nitrogen and oxygen atoms in total. The van der Waals surface area contributed by atoms with E-state index in [2.05, 4.69) is 252 Å². The first-order valence-electron chi connectivity index (χ1n) is 25.0. The van der Waals surface area contributed by atoms with E-state index in [1.54, 1.807) is 0 Å². The lowest BCUT2D eigenvalue weighted by Crippen LogP contribution is -2.57. The predicted octanol–water partition coefficient (Wildman–Crippen LogP) is 16.5. The molecule has 0 radical (unpaired) electrons. The van der Waals surface area contributed by atoms with E-state index in [0.29, 0.717) is 0 Å². The maximum absolute atomic E-state index is 7.09. The van der Waals surface area contributed by atoms with Gasteiger partial charge in [-0.2, -0.15) is 0 Å². The quantitative estimate of drug-likeness (QED) is 0.165. The fourth-order valence-corrected chi connectivity index (χ4v) is 12.5. The monoisotopic (exact) mass is 903 g/mol. The van der Waals surface area contributed by atoms with Crippen molar-refractivity contribution < 1.29 is 4.42 Å². The lowest BCUT2D eigenvalue weighted by molar-refractivity contribution is 0.590. The number of rotatable bonds is 4. The van der Waals surface area contributed by atoms with Gasteiger partial charge in [0.1, 0.15) is 5.58 Å². The van der Waals surface area contributed by atoms with Crippen molar-refractivity contribution >= 4 is 95.6 Å². The number of hydrogen-bond acceptors (Lipinski definition) is 3. The Kier molecular flexibility index (Phi) is 8.35. The fraction of sp³-hybridized carbons (Fsp3) is 0.169. The molecule has 0 spiro atoms. The van der Waals surface area contributed by atoms with Crippen molar-refractivity contribution in [2.45, 2.75) is 71.6 Å². The molecule has 70 heavy (non-hydrogen) atoms. The van der Waals surface area contributed by atoms with Gasteiger partial charge in [0.15, 0.2) is 5.58 Å². The Morgan fingerprint density at radius 2 is 1.17 bits per heavy atom. The third-order valence-electron chi connectivity index (χ3n) is 16.0. The van der Waals surface area contributed by atoms with Crippen LogP contribution in [0.5, 0.6) is 0 Å². The summed E-state index contributed by atoms with van der Waals surface area (Å²) in [6, 6.07) is 68.2. The first-order chi connectivity index (χ1) is 33.8. The van der Waals surface area contributed by atoms with Crippen LogP contribution in [0.4, 0.5) is 34.1 Å². The van der Waals surface area contributed by atoms with Crippen molar-refractivity contribution in [2.24, 2.45) is 0 Å². The van der Waals surface area contributed by atoms with E-state index in [-0.39, 0.29) is 23.1 Å². The van der Waals surface area contributed by atoms with Crippen LogP contribution in [-0.4, -0.2) is 11.3 Å². The normalized spacial score (nSPS) is 14.3. The summed E-state index contributed by atoms with van der Waals surface area (Å²) in [5.41, 5.74) is 23.8. The molecular formula is C65H54BN3O. The molecule has 4 heterocycles. The summed E-state index contributed by atoms with van der Waals surface area (Å²) in [5.74, 6) is 0. The second-order valence-electron chi connectivity index (χ2n) is 22.5. The van der Waals surface area contributed by atoms with E-state index in [4.69, 9.17) is 4.42 Å². The van der Waals surface area contributed by atoms with Crippen LogP contribution in [-0.2, 0) is 16.2 Å². The molecule has 0 saturated heterocycles. The van der Waals surface area contributed by atoms with Crippen molar-refractivity contribution in [2.75, 3.05) is 9.80 Å². The SMILES string of the molecule is CC(C)(C)c1ccc2c(c1)c1cc(C(C)(C)C)cc3c1n2B1c2ccc(N(c4ccccc4)c4ccccc4)cc2N(c2cccc4c2oc2ccccc24)c2c1c-3cc1c2-c2ccccc2C1(C)C. The molecule has 11 aromatic rings. The van der Waals surface area contributed by atoms with Gasteiger partial charge in [-0.05, 0) is 134 Å². The number of furan rings is 1. The van der Waals surface area contributed by atoms with Crippen LogP contribution in [0.1, 0.15) is 77.6 Å². The Morgan fingerprint density at radius 1 is 0.500 bits per heavy atom. The average molecular weight is 904 g/mol. The maximum Gasteiger partial charge on any atom is 0.333 e. The van der Waals surface area contributed by atoms with Gasteiger partial charge in [-0.15, -0.1) is 0 Å². The lowest BCUT2D eigenvalue weighted by Gasteiger charge is -2.43. The van der Waals surface area contributed by atoms with Gasteiger partial charge in [0, 0.05) is 71.9 Å². The Bertz CT molecular complexity index is 3970. The molecule has 0 unspecified atom stereocenters. The zero-order chi connectivity index (χ0) is 47.6. The van der Waals surface area contributed by atoms with Gasteiger partial charge < -0.3 is 18.7 Å². The summed E-state index contributed by atoms with van der Waals surface area (Å²) in [5, 5.41) is 4.87. The first-order valence-corrected chi connectivity index (χ1v) is 25.0. The molecule has 338 valence electrons. The van der Waals surface area contributed by atoms with Gasteiger partial charge in [-0.1, -0.05) is 159 Å². The standard InChI is InChI=1S/C65H54BN3O/c1-63(2,3)39-30-33-54-47(34-39)49-35-40(64(4,5)6)36-50-48-38-52-58(46-25-15-17-27-51(46)65(52,7)8)61-59(48)66(69(54)60(49)50)53-32-31-43(67(41-20-11-9-12-21-41)42-22-13-10-14-23-42)37-56(53)68(61)55-28-19-26-45-44-24-16-18-29-57(44)70-62(45)55/h9-38H,1-8H3. The van der Waals surface area contributed by atoms with Crippen molar-refractivity contribution in [1.29, 1.82) is 0 Å². The van der Waals surface area contributed by atoms with Gasteiger partial charge in [-0.3, -0.25) is 0 Å². The average Bonchev–Trinajstić information content (AvgIpc) is 3.98. The van der Waals surface area contributed by atoms with E-state index < -0.39 is 0 Å². The number of anilines is 6. The fourth-order valence-electron chi connectivity index (χ4n) is 12.5. The Labute approximate surface area is 410 Å². The number of hydrogen-bond donors (Lipinski definition) is 0. The highest BCUT2D eigenvalue weighted by Gasteiger charge is 2.49. The summed E-state index contributed by atoms with van der Waals surface area (Å²) in [6.07, 6.45) is 0. The Morgan fingerprint density at radius 3 is 1.91 bits per heavy atom. The zero-order valence-electron chi connectivity index (χ0n) is 41.1. The molecule has 0 saturated carbocycles. The number of para-hydroxylation sites is 4. The maximum atomic E-state index is 7.09. The summed E-state index contributed by atoms with van der Waals surface area (Å²) in [7, 11) is 0. The van der Waals surface area contributed by atoms with Crippen LogP contribution in [0, 0.1) is 0 Å². The molecule has 0 amide bonds. The molecule has 14 rings (SSSR count). The van der Waals surface area contributed by atoms with Crippen LogP contribution >= 0.6 is 0 Å². The number of benzene rings is 9. The minimum atomic E-state index is -0.268. The molecule has 0 atom stereocenters. The molecule has 5 heteroatoms. The van der Waals surface area contributed by atoms with Crippen LogP contribution in [0.25, 0.3) is 66.0 Å². The second-order valence-corrected chi connectivity index (χ2v) is 22.5. The van der Waals surface area contributed by atoms with Gasteiger partial charge in [0.05, 0.1) is 11.4 Å². The summed E-state index contributed by atoms with van der Waals surface area (Å²) < 4.78 is 9.82. The lowest BCUT2D eigenvalue weighted by atomic mass is 9.44. The van der Waals surface area contributed by atoms with E-state index in [1.807, 2.05) is 0 Å². The highest BCUT2D eigenvalue weighted by atomic mass is 16.3.